The van der Waals surface area contributed by atoms with Crippen LogP contribution in [0.5, 0.6) is 0 Å². The van der Waals surface area contributed by atoms with Crippen LogP contribution in [0, 0.1) is 13.8 Å². The lowest BCUT2D eigenvalue weighted by Crippen LogP contribution is -2.46. The van der Waals surface area contributed by atoms with Crippen LogP contribution >= 0.6 is 0 Å². The number of aromatic nitrogens is 2. The molecule has 37 heavy (non-hydrogen) atoms. The van der Waals surface area contributed by atoms with E-state index in [-0.39, 0.29) is 11.7 Å². The van der Waals surface area contributed by atoms with Crippen molar-refractivity contribution >= 4 is 17.3 Å². The number of aryl methyl sites for hydroxylation is 2. The van der Waals surface area contributed by atoms with Crippen LogP contribution in [0.25, 0.3) is 11.1 Å². The monoisotopic (exact) mass is 490 g/mol. The van der Waals surface area contributed by atoms with Crippen molar-refractivity contribution in [3.8, 4) is 11.1 Å². The van der Waals surface area contributed by atoms with E-state index < -0.39 is 0 Å². The van der Waals surface area contributed by atoms with Crippen LogP contribution in [0.15, 0.2) is 85.2 Å². The Bertz CT molecular complexity index is 1360. The van der Waals surface area contributed by atoms with Crippen LogP contribution in [0.2, 0.25) is 0 Å². The number of benzene rings is 2. The maximum Gasteiger partial charge on any atom is 0.144 e. The van der Waals surface area contributed by atoms with Gasteiger partial charge in [0.1, 0.15) is 11.6 Å². The van der Waals surface area contributed by atoms with E-state index in [2.05, 4.69) is 81.3 Å². The van der Waals surface area contributed by atoms with Gasteiger partial charge in [-0.2, -0.15) is 0 Å². The number of Topliss-reactive ketones (excluding diaryl/α,β-unsaturated/α-hetero) is 1. The fourth-order valence-corrected chi connectivity index (χ4v) is 5.04. The number of piperazine rings is 1. The highest BCUT2D eigenvalue weighted by Crippen LogP contribution is 2.28. The Morgan fingerprint density at radius 3 is 2.27 bits per heavy atom. The lowest BCUT2D eigenvalue weighted by Gasteiger charge is -2.37. The Morgan fingerprint density at radius 2 is 1.57 bits per heavy atom. The molecule has 0 saturated carbocycles. The lowest BCUT2D eigenvalue weighted by molar-refractivity contribution is -0.119. The maximum absolute atomic E-state index is 13.3. The predicted octanol–water partition coefficient (Wildman–Crippen LogP) is 6.00. The normalized spacial score (nSPS) is 14.5. The first-order valence-corrected chi connectivity index (χ1v) is 13.0. The van der Waals surface area contributed by atoms with Gasteiger partial charge in [0.05, 0.1) is 0 Å². The Kier molecular flexibility index (Phi) is 7.31. The first-order valence-electron chi connectivity index (χ1n) is 13.0. The molecular weight excluding hydrogens is 456 g/mol. The summed E-state index contributed by atoms with van der Waals surface area (Å²) in [6.07, 6.45) is 4.12. The van der Waals surface area contributed by atoms with Crippen LogP contribution in [-0.4, -0.2) is 41.9 Å². The van der Waals surface area contributed by atoms with Gasteiger partial charge in [0.15, 0.2) is 0 Å². The number of hydrogen-bond donors (Lipinski definition) is 0. The molecule has 3 heterocycles. The zero-order valence-electron chi connectivity index (χ0n) is 21.9. The minimum absolute atomic E-state index is 0.156. The quantitative estimate of drug-likeness (QED) is 0.318. The van der Waals surface area contributed by atoms with Crippen LogP contribution in [-0.2, 0) is 11.2 Å². The number of pyridine rings is 2. The second-order valence-corrected chi connectivity index (χ2v) is 10.0. The highest BCUT2D eigenvalue weighted by Gasteiger charge is 2.21. The van der Waals surface area contributed by atoms with Crippen molar-refractivity contribution in [1.82, 2.24) is 9.97 Å². The van der Waals surface area contributed by atoms with Gasteiger partial charge in [0.2, 0.25) is 0 Å². The van der Waals surface area contributed by atoms with Gasteiger partial charge in [0.25, 0.3) is 0 Å². The molecule has 5 nitrogen and oxygen atoms in total. The summed E-state index contributed by atoms with van der Waals surface area (Å²) in [5, 5.41) is 0. The third kappa shape index (κ3) is 5.88. The smallest absolute Gasteiger partial charge is 0.144 e. The molecule has 5 heteroatoms. The summed E-state index contributed by atoms with van der Waals surface area (Å²) in [6, 6.07) is 25.1. The minimum atomic E-state index is -0.156. The van der Waals surface area contributed by atoms with Crippen LogP contribution in [0.4, 0.5) is 11.5 Å². The zero-order chi connectivity index (χ0) is 25.8. The third-order valence-corrected chi connectivity index (χ3v) is 7.25. The van der Waals surface area contributed by atoms with Gasteiger partial charge >= 0.3 is 0 Å². The predicted molar refractivity (Wildman–Crippen MR) is 151 cm³/mol. The lowest BCUT2D eigenvalue weighted by atomic mass is 9.91. The Balaban J connectivity index is 1.24. The molecular formula is C32H34N4O. The molecule has 0 amide bonds. The summed E-state index contributed by atoms with van der Waals surface area (Å²) in [5.74, 6) is 1.12. The summed E-state index contributed by atoms with van der Waals surface area (Å²) in [7, 11) is 0. The molecule has 4 aromatic rings. The number of anilines is 2. The molecule has 2 aromatic carbocycles. The molecule has 1 saturated heterocycles. The molecule has 1 aliphatic heterocycles. The van der Waals surface area contributed by atoms with E-state index >= 15 is 0 Å². The van der Waals surface area contributed by atoms with E-state index in [4.69, 9.17) is 0 Å². The minimum Gasteiger partial charge on any atom is -0.368 e. The highest BCUT2D eigenvalue weighted by molar-refractivity contribution is 5.87. The van der Waals surface area contributed by atoms with Crippen molar-refractivity contribution in [2.24, 2.45) is 0 Å². The molecule has 0 N–H and O–H groups in total. The van der Waals surface area contributed by atoms with Crippen LogP contribution in [0.3, 0.4) is 0 Å². The second kappa shape index (κ2) is 11.0. The van der Waals surface area contributed by atoms with Gasteiger partial charge in [-0.05, 0) is 78.1 Å². The molecule has 0 radical (unpaired) electrons. The molecule has 0 aliphatic carbocycles. The maximum atomic E-state index is 13.3. The SMILES string of the molecule is Cc1cc(C(C)C(=O)Cc2ccc(-c3ccnc(C)c3)cc2)cc(N2CCN(c3ccccn3)CC2)c1. The Morgan fingerprint density at radius 1 is 0.811 bits per heavy atom. The van der Waals surface area contributed by atoms with E-state index in [9.17, 15) is 4.79 Å². The van der Waals surface area contributed by atoms with Crippen molar-refractivity contribution in [1.29, 1.82) is 0 Å². The van der Waals surface area contributed by atoms with Crippen LogP contribution in [0.1, 0.15) is 35.2 Å². The van der Waals surface area contributed by atoms with E-state index in [1.54, 1.807) is 0 Å². The highest BCUT2D eigenvalue weighted by atomic mass is 16.1. The van der Waals surface area contributed by atoms with Crippen molar-refractivity contribution in [3.63, 3.8) is 0 Å². The van der Waals surface area contributed by atoms with Crippen molar-refractivity contribution in [3.05, 3.63) is 108 Å². The Labute approximate surface area is 219 Å². The number of ketones is 1. The van der Waals surface area contributed by atoms with Gasteiger partial charge in [-0.25, -0.2) is 4.98 Å². The van der Waals surface area contributed by atoms with E-state index in [1.165, 1.54) is 11.3 Å². The topological polar surface area (TPSA) is 49.3 Å². The summed E-state index contributed by atoms with van der Waals surface area (Å²) in [4.78, 5) is 26.8. The van der Waals surface area contributed by atoms with Gasteiger partial charge in [-0.3, -0.25) is 9.78 Å². The van der Waals surface area contributed by atoms with Gasteiger partial charge in [0, 0.05) is 62.3 Å². The standard InChI is InChI=1S/C32H34N4O/c1-23-18-29(22-30(19-23)35-14-16-36(17-15-35)32-6-4-5-12-34-32)25(3)31(37)21-26-7-9-27(10-8-26)28-11-13-33-24(2)20-28/h4-13,18-20,22,25H,14-17,21H2,1-3H3. The van der Waals surface area contributed by atoms with E-state index in [1.807, 2.05) is 44.4 Å². The second-order valence-electron chi connectivity index (χ2n) is 10.0. The molecule has 1 unspecified atom stereocenters. The summed E-state index contributed by atoms with van der Waals surface area (Å²) < 4.78 is 0. The molecule has 188 valence electrons. The fourth-order valence-electron chi connectivity index (χ4n) is 5.04. The van der Waals surface area contributed by atoms with Crippen LogP contribution < -0.4 is 9.80 Å². The van der Waals surface area contributed by atoms with Gasteiger partial charge < -0.3 is 9.80 Å². The number of rotatable bonds is 7. The largest absolute Gasteiger partial charge is 0.368 e. The first-order chi connectivity index (χ1) is 18.0. The molecule has 0 bridgehead atoms. The summed E-state index contributed by atoms with van der Waals surface area (Å²) >= 11 is 0. The fraction of sp³-hybridized carbons (Fsp3) is 0.281. The van der Waals surface area contributed by atoms with Crippen molar-refractivity contribution in [2.45, 2.75) is 33.1 Å². The average Bonchev–Trinajstić information content (AvgIpc) is 2.93. The number of hydrogen-bond acceptors (Lipinski definition) is 5. The van der Waals surface area contributed by atoms with E-state index in [0.717, 1.165) is 59.9 Å². The van der Waals surface area contributed by atoms with E-state index in [0.29, 0.717) is 6.42 Å². The zero-order valence-corrected chi connectivity index (χ0v) is 21.9. The number of nitrogens with zero attached hydrogens (tertiary/aromatic N) is 4. The molecule has 0 spiro atoms. The molecule has 5 rings (SSSR count). The molecule has 1 fully saturated rings. The summed E-state index contributed by atoms with van der Waals surface area (Å²) in [6.45, 7) is 9.89. The third-order valence-electron chi connectivity index (χ3n) is 7.25. The number of carbonyl (C=O) groups excluding carboxylic acids is 1. The number of carbonyl (C=O) groups is 1. The van der Waals surface area contributed by atoms with Crippen molar-refractivity contribution < 1.29 is 4.79 Å². The van der Waals surface area contributed by atoms with Gasteiger partial charge in [-0.15, -0.1) is 0 Å². The van der Waals surface area contributed by atoms with Gasteiger partial charge in [-0.1, -0.05) is 43.3 Å². The Hall–Kier alpha value is -3.99. The molecule has 1 aliphatic rings. The average molecular weight is 491 g/mol. The van der Waals surface area contributed by atoms with Crippen molar-refractivity contribution in [2.75, 3.05) is 36.0 Å². The summed E-state index contributed by atoms with van der Waals surface area (Å²) in [5.41, 5.74) is 7.82. The molecule has 1 atom stereocenters. The molecule has 2 aromatic heterocycles. The first kappa shape index (κ1) is 24.7.